The molecule has 1 aliphatic rings. The van der Waals surface area contributed by atoms with Crippen molar-refractivity contribution in [1.82, 2.24) is 24.8 Å². The molecular formula is C12H21N5O3S2. The maximum Gasteiger partial charge on any atom is 0.224 e. The molecule has 22 heavy (non-hydrogen) atoms. The molecule has 124 valence electrons. The summed E-state index contributed by atoms with van der Waals surface area (Å²) < 4.78 is 25.2. The van der Waals surface area contributed by atoms with Crippen LogP contribution in [-0.2, 0) is 14.8 Å². The summed E-state index contributed by atoms with van der Waals surface area (Å²) in [6, 6.07) is 0. The first kappa shape index (κ1) is 17.2. The number of carbonyl (C=O) groups excluding carboxylic acids is 1. The van der Waals surface area contributed by atoms with Crippen molar-refractivity contribution in [2.24, 2.45) is 5.92 Å². The van der Waals surface area contributed by atoms with E-state index in [4.69, 9.17) is 0 Å². The van der Waals surface area contributed by atoms with Gasteiger partial charge in [-0.2, -0.15) is 5.10 Å². The fourth-order valence-corrected chi connectivity index (χ4v) is 4.14. The second-order valence-electron chi connectivity index (χ2n) is 5.03. The molecule has 2 N–H and O–H groups in total. The largest absolute Gasteiger partial charge is 0.355 e. The second kappa shape index (κ2) is 7.93. The molecule has 8 nitrogen and oxygen atoms in total. The number of aromatic nitrogens is 3. The molecule has 1 amide bonds. The molecule has 0 aromatic carbocycles. The minimum absolute atomic E-state index is 0.0748. The Bertz CT molecular complexity index is 576. The normalized spacial score (nSPS) is 20.0. The van der Waals surface area contributed by atoms with Crippen molar-refractivity contribution in [3.8, 4) is 0 Å². The van der Waals surface area contributed by atoms with Crippen LogP contribution in [0.15, 0.2) is 11.5 Å². The van der Waals surface area contributed by atoms with Crippen molar-refractivity contribution in [3.63, 3.8) is 0 Å². The summed E-state index contributed by atoms with van der Waals surface area (Å²) in [5, 5.41) is 10.1. The highest BCUT2D eigenvalue weighted by atomic mass is 32.2. The lowest BCUT2D eigenvalue weighted by molar-refractivity contribution is -0.125. The van der Waals surface area contributed by atoms with Gasteiger partial charge in [-0.25, -0.2) is 17.7 Å². The molecule has 0 unspecified atom stereocenters. The molecule has 0 bridgehead atoms. The summed E-state index contributed by atoms with van der Waals surface area (Å²) in [6.45, 7) is 2.94. The van der Waals surface area contributed by atoms with Gasteiger partial charge in [0.2, 0.25) is 15.9 Å². The summed E-state index contributed by atoms with van der Waals surface area (Å²) in [4.78, 5) is 16.1. The first-order valence-electron chi connectivity index (χ1n) is 7.26. The third-order valence-corrected chi connectivity index (χ3v) is 6.27. The molecule has 1 saturated heterocycles. The lowest BCUT2D eigenvalue weighted by atomic mass is 9.99. The van der Waals surface area contributed by atoms with Crippen molar-refractivity contribution in [2.45, 2.75) is 24.9 Å². The highest BCUT2D eigenvalue weighted by Crippen LogP contribution is 2.19. The van der Waals surface area contributed by atoms with Crippen LogP contribution >= 0.6 is 11.8 Å². The maximum absolute atomic E-state index is 12.1. The van der Waals surface area contributed by atoms with Crippen molar-refractivity contribution >= 4 is 27.7 Å². The molecule has 2 rings (SSSR count). The molecular weight excluding hydrogens is 326 g/mol. The second-order valence-corrected chi connectivity index (χ2v) is 8.37. The monoisotopic (exact) mass is 347 g/mol. The number of thioether (sulfide) groups is 1. The zero-order valence-corrected chi connectivity index (χ0v) is 14.1. The third kappa shape index (κ3) is 4.68. The summed E-state index contributed by atoms with van der Waals surface area (Å²) in [6.07, 6.45) is 2.90. The van der Waals surface area contributed by atoms with E-state index in [0.717, 1.165) is 12.8 Å². The Kier molecular flexibility index (Phi) is 6.21. The number of nitrogens with zero attached hydrogens (tertiary/aromatic N) is 3. The van der Waals surface area contributed by atoms with Gasteiger partial charge in [0.1, 0.15) is 6.33 Å². The molecule has 1 atom stereocenters. The number of H-pyrrole nitrogens is 1. The number of nitrogens with one attached hydrogen (secondary N) is 2. The Morgan fingerprint density at radius 1 is 1.59 bits per heavy atom. The van der Waals surface area contributed by atoms with Gasteiger partial charge in [0.15, 0.2) is 5.16 Å². The topological polar surface area (TPSA) is 108 Å². The Morgan fingerprint density at radius 3 is 3.09 bits per heavy atom. The lowest BCUT2D eigenvalue weighted by Gasteiger charge is -2.30. The number of aromatic amines is 1. The Morgan fingerprint density at radius 2 is 2.41 bits per heavy atom. The van der Waals surface area contributed by atoms with E-state index >= 15 is 0 Å². The van der Waals surface area contributed by atoms with Crippen LogP contribution in [-0.4, -0.2) is 65.0 Å². The van der Waals surface area contributed by atoms with Crippen molar-refractivity contribution in [1.29, 1.82) is 0 Å². The van der Waals surface area contributed by atoms with Gasteiger partial charge in [-0.15, -0.1) is 0 Å². The molecule has 10 heteroatoms. The van der Waals surface area contributed by atoms with E-state index in [2.05, 4.69) is 20.5 Å². The minimum Gasteiger partial charge on any atom is -0.355 e. The van der Waals surface area contributed by atoms with Crippen LogP contribution in [0.25, 0.3) is 0 Å². The quantitative estimate of drug-likeness (QED) is 0.534. The molecule has 0 aliphatic carbocycles. The fraction of sp³-hybridized carbons (Fsp3) is 0.750. The summed E-state index contributed by atoms with van der Waals surface area (Å²) >= 11 is 1.47. The number of carbonyl (C=O) groups is 1. The van der Waals surface area contributed by atoms with Gasteiger partial charge in [0.05, 0.1) is 11.7 Å². The number of rotatable bonds is 7. The van der Waals surface area contributed by atoms with Crippen molar-refractivity contribution in [2.75, 3.05) is 31.1 Å². The van der Waals surface area contributed by atoms with Crippen LogP contribution < -0.4 is 5.32 Å². The average molecular weight is 347 g/mol. The Balaban J connectivity index is 1.74. The van der Waals surface area contributed by atoms with E-state index in [0.29, 0.717) is 24.0 Å². The van der Waals surface area contributed by atoms with E-state index < -0.39 is 10.0 Å². The number of hydrogen-bond donors (Lipinski definition) is 2. The highest BCUT2D eigenvalue weighted by molar-refractivity contribution is 7.99. The van der Waals surface area contributed by atoms with Crippen LogP contribution in [0.1, 0.15) is 19.8 Å². The molecule has 1 aromatic heterocycles. The fourth-order valence-electron chi connectivity index (χ4n) is 2.32. The Labute approximate surface area is 134 Å². The zero-order chi connectivity index (χ0) is 16.0. The Hall–Kier alpha value is -1.13. The highest BCUT2D eigenvalue weighted by Gasteiger charge is 2.31. The standard InChI is InChI=1S/C12H21N5O3S2/c1-2-22(19,20)17-6-3-4-10(8-17)11(18)13-5-7-21-12-14-9-15-16-12/h9-10H,2-8H2,1H3,(H,13,18)(H,14,15,16)/t10-/m1/s1. The zero-order valence-electron chi connectivity index (χ0n) is 12.5. The molecule has 1 aromatic rings. The van der Waals surface area contributed by atoms with Gasteiger partial charge in [0.25, 0.3) is 0 Å². The van der Waals surface area contributed by atoms with Crippen LogP contribution in [0.5, 0.6) is 0 Å². The molecule has 0 spiro atoms. The summed E-state index contributed by atoms with van der Waals surface area (Å²) in [5.74, 6) is 0.430. The maximum atomic E-state index is 12.1. The molecule has 1 fully saturated rings. The predicted molar refractivity (Wildman–Crippen MR) is 83.9 cm³/mol. The number of piperidine rings is 1. The van der Waals surface area contributed by atoms with Crippen molar-refractivity contribution < 1.29 is 13.2 Å². The molecule has 2 heterocycles. The van der Waals surface area contributed by atoms with Gasteiger partial charge in [-0.1, -0.05) is 11.8 Å². The first-order chi connectivity index (χ1) is 10.5. The number of amides is 1. The SMILES string of the molecule is CCS(=O)(=O)N1CCC[C@@H](C(=O)NCCSc2ncn[nH]2)C1. The van der Waals surface area contributed by atoms with E-state index in [1.165, 1.54) is 22.4 Å². The van der Waals surface area contributed by atoms with Gasteiger partial charge in [-0.3, -0.25) is 9.89 Å². The van der Waals surface area contributed by atoms with E-state index in [1.54, 1.807) is 6.92 Å². The smallest absolute Gasteiger partial charge is 0.224 e. The average Bonchev–Trinajstić information content (AvgIpc) is 3.05. The molecule has 1 aliphatic heterocycles. The van der Waals surface area contributed by atoms with Crippen LogP contribution in [0.4, 0.5) is 0 Å². The van der Waals surface area contributed by atoms with Crippen LogP contribution in [0, 0.1) is 5.92 Å². The van der Waals surface area contributed by atoms with E-state index in [9.17, 15) is 13.2 Å². The summed E-state index contributed by atoms with van der Waals surface area (Å²) in [5.41, 5.74) is 0. The third-order valence-electron chi connectivity index (χ3n) is 3.55. The molecule has 0 saturated carbocycles. The van der Waals surface area contributed by atoms with Gasteiger partial charge >= 0.3 is 0 Å². The number of hydrogen-bond acceptors (Lipinski definition) is 6. The minimum atomic E-state index is -3.21. The number of sulfonamides is 1. The lowest BCUT2D eigenvalue weighted by Crippen LogP contribution is -2.46. The first-order valence-corrected chi connectivity index (χ1v) is 9.86. The molecule has 0 radical (unpaired) electrons. The van der Waals surface area contributed by atoms with Crippen molar-refractivity contribution in [3.05, 3.63) is 6.33 Å². The van der Waals surface area contributed by atoms with Crippen LogP contribution in [0.2, 0.25) is 0 Å². The van der Waals surface area contributed by atoms with Crippen LogP contribution in [0.3, 0.4) is 0 Å². The van der Waals surface area contributed by atoms with Gasteiger partial charge in [0, 0.05) is 25.4 Å². The summed E-state index contributed by atoms with van der Waals surface area (Å²) in [7, 11) is -3.21. The van der Waals surface area contributed by atoms with Gasteiger partial charge < -0.3 is 5.32 Å². The predicted octanol–water partition coefficient (Wildman–Crippen LogP) is 0.0747. The van der Waals surface area contributed by atoms with E-state index in [-0.39, 0.29) is 24.1 Å². The van der Waals surface area contributed by atoms with E-state index in [1.807, 2.05) is 0 Å². The van der Waals surface area contributed by atoms with Gasteiger partial charge in [-0.05, 0) is 19.8 Å².